The van der Waals surface area contributed by atoms with Crippen LogP contribution in [0.3, 0.4) is 0 Å². The Labute approximate surface area is 183 Å². The molecule has 4 amide bonds. The van der Waals surface area contributed by atoms with Gasteiger partial charge in [0.05, 0.1) is 6.04 Å². The monoisotopic (exact) mass is 443 g/mol. The molecule has 0 heterocycles. The first-order chi connectivity index (χ1) is 13.7. The quantitative estimate of drug-likeness (QED) is 0.257. The molecular weight excluding hydrogens is 406 g/mol. The molecular formula is C20H37N5O6. The largest absolute Gasteiger partial charge is 0.480 e. The van der Waals surface area contributed by atoms with Crippen molar-refractivity contribution in [2.24, 2.45) is 11.7 Å². The van der Waals surface area contributed by atoms with E-state index in [2.05, 4.69) is 21.3 Å². The molecule has 11 nitrogen and oxygen atoms in total. The van der Waals surface area contributed by atoms with Crippen LogP contribution in [0.2, 0.25) is 0 Å². The molecule has 0 fully saturated rings. The predicted octanol–water partition coefficient (Wildman–Crippen LogP) is -0.757. The maximum atomic E-state index is 12.8. The maximum Gasteiger partial charge on any atom is 0.328 e. The molecule has 11 heteroatoms. The van der Waals surface area contributed by atoms with Gasteiger partial charge in [-0.3, -0.25) is 19.2 Å². The topological polar surface area (TPSA) is 180 Å². The van der Waals surface area contributed by atoms with E-state index < -0.39 is 58.3 Å². The lowest BCUT2D eigenvalue weighted by Crippen LogP contribution is -2.66. The number of carboxylic acids is 1. The van der Waals surface area contributed by atoms with E-state index in [1.54, 1.807) is 13.8 Å². The summed E-state index contributed by atoms with van der Waals surface area (Å²) in [6.07, 6.45) is 0. The minimum atomic E-state index is -1.54. The molecule has 31 heavy (non-hydrogen) atoms. The summed E-state index contributed by atoms with van der Waals surface area (Å²) in [5.74, 6) is -3.98. The van der Waals surface area contributed by atoms with E-state index >= 15 is 0 Å². The SMILES string of the molecule is CC(C)[C@H](NC(=O)[C@H](C)N)C(=O)NC(C)(C)C(=O)NC(C)(C)C(=O)NC(C)(C)C(=O)O. The van der Waals surface area contributed by atoms with Crippen LogP contribution in [0, 0.1) is 5.92 Å². The molecule has 0 bridgehead atoms. The molecule has 0 aliphatic carbocycles. The Morgan fingerprint density at radius 3 is 1.45 bits per heavy atom. The predicted molar refractivity (Wildman–Crippen MR) is 115 cm³/mol. The van der Waals surface area contributed by atoms with E-state index in [0.717, 1.165) is 0 Å². The lowest BCUT2D eigenvalue weighted by molar-refractivity contribution is -0.147. The van der Waals surface area contributed by atoms with Crippen molar-refractivity contribution in [3.63, 3.8) is 0 Å². The second-order valence-corrected chi connectivity index (χ2v) is 9.60. The zero-order valence-electron chi connectivity index (χ0n) is 19.8. The number of hydrogen-bond acceptors (Lipinski definition) is 6. The van der Waals surface area contributed by atoms with E-state index in [4.69, 9.17) is 5.73 Å². The molecule has 0 aromatic heterocycles. The standard InChI is InChI=1S/C20H37N5O6/c1-10(2)12(22-13(26)11(3)21)14(27)23-18(4,5)15(28)24-19(6,7)16(29)25-20(8,9)17(30)31/h10-12H,21H2,1-9H3,(H,22,26)(H,23,27)(H,24,28)(H,25,29)(H,30,31)/t11-,12-/m0/s1. The Morgan fingerprint density at radius 2 is 1.10 bits per heavy atom. The number of carboxylic acid groups (broad SMARTS) is 1. The number of carbonyl (C=O) groups excluding carboxylic acids is 4. The summed E-state index contributed by atoms with van der Waals surface area (Å²) >= 11 is 0. The Kier molecular flexibility index (Phi) is 9.20. The molecule has 0 unspecified atom stereocenters. The van der Waals surface area contributed by atoms with Crippen LogP contribution >= 0.6 is 0 Å². The first-order valence-corrected chi connectivity index (χ1v) is 10.0. The first kappa shape index (κ1) is 28.3. The highest BCUT2D eigenvalue weighted by molar-refractivity contribution is 5.98. The number of nitrogens with one attached hydrogen (secondary N) is 4. The van der Waals surface area contributed by atoms with E-state index in [0.29, 0.717) is 0 Å². The van der Waals surface area contributed by atoms with E-state index in [1.165, 1.54) is 48.5 Å². The lowest BCUT2D eigenvalue weighted by Gasteiger charge is -2.34. The summed E-state index contributed by atoms with van der Waals surface area (Å²) in [5, 5.41) is 19.2. The fourth-order valence-electron chi connectivity index (χ4n) is 2.25. The van der Waals surface area contributed by atoms with Gasteiger partial charge in [0, 0.05) is 0 Å². The van der Waals surface area contributed by atoms with Gasteiger partial charge >= 0.3 is 5.97 Å². The molecule has 0 aromatic carbocycles. The van der Waals surface area contributed by atoms with Crippen LogP contribution in [0.1, 0.15) is 62.3 Å². The third-order valence-electron chi connectivity index (χ3n) is 4.62. The van der Waals surface area contributed by atoms with Crippen molar-refractivity contribution >= 4 is 29.6 Å². The van der Waals surface area contributed by atoms with Crippen LogP contribution in [0.15, 0.2) is 0 Å². The normalized spacial score (nSPS) is 14.3. The van der Waals surface area contributed by atoms with Gasteiger partial charge in [-0.1, -0.05) is 13.8 Å². The summed E-state index contributed by atoms with van der Waals surface area (Å²) < 4.78 is 0. The molecule has 0 rings (SSSR count). The molecule has 7 N–H and O–H groups in total. The molecule has 0 radical (unpaired) electrons. The summed E-state index contributed by atoms with van der Waals surface area (Å²) in [4.78, 5) is 61.2. The van der Waals surface area contributed by atoms with E-state index in [1.807, 2.05) is 0 Å². The Balaban J connectivity index is 5.35. The molecule has 0 spiro atoms. The van der Waals surface area contributed by atoms with Crippen molar-refractivity contribution in [3.8, 4) is 0 Å². The zero-order valence-corrected chi connectivity index (χ0v) is 19.8. The average molecular weight is 444 g/mol. The van der Waals surface area contributed by atoms with Crippen LogP contribution in [0.4, 0.5) is 0 Å². The van der Waals surface area contributed by atoms with Crippen LogP contribution < -0.4 is 27.0 Å². The second kappa shape index (κ2) is 10.1. The maximum absolute atomic E-state index is 12.8. The number of hydrogen-bond donors (Lipinski definition) is 6. The van der Waals surface area contributed by atoms with Gasteiger partial charge in [-0.2, -0.15) is 0 Å². The second-order valence-electron chi connectivity index (χ2n) is 9.60. The van der Waals surface area contributed by atoms with Crippen LogP contribution in [0.25, 0.3) is 0 Å². The molecule has 2 atom stereocenters. The molecule has 0 saturated heterocycles. The van der Waals surface area contributed by atoms with Crippen molar-refractivity contribution in [2.75, 3.05) is 0 Å². The number of rotatable bonds is 10. The lowest BCUT2D eigenvalue weighted by atomic mass is 9.95. The van der Waals surface area contributed by atoms with Crippen molar-refractivity contribution in [1.82, 2.24) is 21.3 Å². The Hall–Kier alpha value is -2.69. The summed E-state index contributed by atoms with van der Waals surface area (Å²) in [6, 6.07) is -1.72. The minimum Gasteiger partial charge on any atom is -0.480 e. The van der Waals surface area contributed by atoms with Gasteiger partial charge in [0.2, 0.25) is 23.6 Å². The van der Waals surface area contributed by atoms with Gasteiger partial charge in [-0.05, 0) is 54.4 Å². The van der Waals surface area contributed by atoms with Crippen molar-refractivity contribution < 1.29 is 29.1 Å². The molecule has 178 valence electrons. The van der Waals surface area contributed by atoms with Gasteiger partial charge in [-0.15, -0.1) is 0 Å². The van der Waals surface area contributed by atoms with Crippen molar-refractivity contribution in [3.05, 3.63) is 0 Å². The fraction of sp³-hybridized carbons (Fsp3) is 0.750. The van der Waals surface area contributed by atoms with Crippen LogP contribution in [0.5, 0.6) is 0 Å². The highest BCUT2D eigenvalue weighted by Crippen LogP contribution is 2.13. The molecule has 0 aliphatic heterocycles. The first-order valence-electron chi connectivity index (χ1n) is 10.0. The minimum absolute atomic E-state index is 0.276. The van der Waals surface area contributed by atoms with Crippen LogP contribution in [-0.4, -0.2) is 63.4 Å². The molecule has 0 saturated carbocycles. The third-order valence-corrected chi connectivity index (χ3v) is 4.62. The number of amides is 4. The van der Waals surface area contributed by atoms with E-state index in [9.17, 15) is 29.1 Å². The summed E-state index contributed by atoms with van der Waals surface area (Å²) in [6.45, 7) is 13.3. The average Bonchev–Trinajstić information content (AvgIpc) is 2.57. The van der Waals surface area contributed by atoms with E-state index in [-0.39, 0.29) is 5.92 Å². The number of nitrogens with two attached hydrogens (primary N) is 1. The smallest absolute Gasteiger partial charge is 0.328 e. The van der Waals surface area contributed by atoms with Gasteiger partial charge in [0.1, 0.15) is 22.7 Å². The van der Waals surface area contributed by atoms with Gasteiger partial charge in [-0.25, -0.2) is 4.79 Å². The van der Waals surface area contributed by atoms with Gasteiger partial charge < -0.3 is 32.1 Å². The summed E-state index contributed by atoms with van der Waals surface area (Å²) in [5.41, 5.74) is 1.09. The fourth-order valence-corrected chi connectivity index (χ4v) is 2.25. The highest BCUT2D eigenvalue weighted by Gasteiger charge is 2.41. The third kappa shape index (κ3) is 8.16. The number of carbonyl (C=O) groups is 5. The Morgan fingerprint density at radius 1 is 0.710 bits per heavy atom. The van der Waals surface area contributed by atoms with Gasteiger partial charge in [0.15, 0.2) is 0 Å². The van der Waals surface area contributed by atoms with Crippen molar-refractivity contribution in [2.45, 2.75) is 91.0 Å². The van der Waals surface area contributed by atoms with Crippen LogP contribution in [-0.2, 0) is 24.0 Å². The number of aliphatic carboxylic acids is 1. The van der Waals surface area contributed by atoms with Gasteiger partial charge in [0.25, 0.3) is 0 Å². The Bertz CT molecular complexity index is 728. The van der Waals surface area contributed by atoms with Crippen molar-refractivity contribution in [1.29, 1.82) is 0 Å². The molecule has 0 aromatic rings. The highest BCUT2D eigenvalue weighted by atomic mass is 16.4. The summed E-state index contributed by atoms with van der Waals surface area (Å²) in [7, 11) is 0. The molecule has 0 aliphatic rings. The zero-order chi connectivity index (χ0) is 24.9.